The van der Waals surface area contributed by atoms with Crippen LogP contribution < -0.4 is 10.6 Å². The fourth-order valence-electron chi connectivity index (χ4n) is 2.20. The zero-order valence-corrected chi connectivity index (χ0v) is 11.3. The van der Waals surface area contributed by atoms with Crippen LogP contribution in [-0.4, -0.2) is 26.0 Å². The Hall–Kier alpha value is -1.06. The molecule has 0 spiro atoms. The number of rotatable bonds is 6. The molecule has 0 aromatic heterocycles. The fourth-order valence-corrected chi connectivity index (χ4v) is 2.40. The van der Waals surface area contributed by atoms with Gasteiger partial charge in [-0.15, -0.1) is 0 Å². The van der Waals surface area contributed by atoms with Gasteiger partial charge in [-0.3, -0.25) is 4.79 Å². The first kappa shape index (κ1) is 13.4. The number of nitrogens with one attached hydrogen (secondary N) is 2. The molecule has 1 fully saturated rings. The van der Waals surface area contributed by atoms with Gasteiger partial charge in [-0.25, -0.2) is 0 Å². The Morgan fingerprint density at radius 2 is 2.28 bits per heavy atom. The molecule has 1 aromatic carbocycles. The van der Waals surface area contributed by atoms with Gasteiger partial charge < -0.3 is 10.6 Å². The highest BCUT2D eigenvalue weighted by Gasteiger charge is 2.43. The molecule has 1 aromatic rings. The van der Waals surface area contributed by atoms with Crippen molar-refractivity contribution in [2.24, 2.45) is 5.92 Å². The highest BCUT2D eigenvalue weighted by Crippen LogP contribution is 2.47. The van der Waals surface area contributed by atoms with Crippen molar-refractivity contribution in [3.05, 3.63) is 34.9 Å². The maximum atomic E-state index is 11.9. The van der Waals surface area contributed by atoms with Crippen LogP contribution in [0.3, 0.4) is 0 Å². The summed E-state index contributed by atoms with van der Waals surface area (Å²) in [4.78, 5) is 11.9. The summed E-state index contributed by atoms with van der Waals surface area (Å²) in [5.41, 5.74) is 1.18. The Morgan fingerprint density at radius 1 is 1.44 bits per heavy atom. The molecule has 2 N–H and O–H groups in total. The van der Waals surface area contributed by atoms with E-state index < -0.39 is 0 Å². The summed E-state index contributed by atoms with van der Waals surface area (Å²) in [6.07, 6.45) is 1.91. The van der Waals surface area contributed by atoms with Crippen LogP contribution in [0, 0.1) is 5.92 Å². The molecule has 4 heteroatoms. The average Bonchev–Trinajstić information content (AvgIpc) is 3.15. The largest absolute Gasteiger partial charge is 0.356 e. The molecule has 2 unspecified atom stereocenters. The molecule has 2 rings (SSSR count). The molecular formula is C14H19ClN2O. The van der Waals surface area contributed by atoms with Crippen LogP contribution in [0.15, 0.2) is 24.3 Å². The smallest absolute Gasteiger partial charge is 0.223 e. The van der Waals surface area contributed by atoms with E-state index in [-0.39, 0.29) is 11.8 Å². The lowest BCUT2D eigenvalue weighted by molar-refractivity contribution is -0.122. The lowest BCUT2D eigenvalue weighted by Gasteiger charge is -2.05. The maximum absolute atomic E-state index is 11.9. The van der Waals surface area contributed by atoms with Crippen molar-refractivity contribution in [3.63, 3.8) is 0 Å². The minimum absolute atomic E-state index is 0.137. The molecule has 18 heavy (non-hydrogen) atoms. The molecule has 1 aliphatic rings. The zero-order chi connectivity index (χ0) is 13.0. The molecule has 98 valence electrons. The first-order valence-corrected chi connectivity index (χ1v) is 6.78. The quantitative estimate of drug-likeness (QED) is 0.775. The second-order valence-corrected chi connectivity index (χ2v) is 5.19. The normalized spacial score (nSPS) is 21.7. The summed E-state index contributed by atoms with van der Waals surface area (Å²) in [6, 6.07) is 7.81. The topological polar surface area (TPSA) is 41.1 Å². The first-order chi connectivity index (χ1) is 8.72. The Kier molecular flexibility index (Phi) is 4.61. The van der Waals surface area contributed by atoms with E-state index in [1.165, 1.54) is 5.56 Å². The van der Waals surface area contributed by atoms with Crippen LogP contribution in [0.4, 0.5) is 0 Å². The maximum Gasteiger partial charge on any atom is 0.223 e. The van der Waals surface area contributed by atoms with Crippen molar-refractivity contribution in [2.75, 3.05) is 20.1 Å². The summed E-state index contributed by atoms with van der Waals surface area (Å²) in [6.45, 7) is 1.68. The lowest BCUT2D eigenvalue weighted by atomic mass is 10.1. The van der Waals surface area contributed by atoms with Crippen molar-refractivity contribution in [1.82, 2.24) is 10.6 Å². The third-order valence-corrected chi connectivity index (χ3v) is 3.54. The molecular weight excluding hydrogens is 248 g/mol. The van der Waals surface area contributed by atoms with Crippen molar-refractivity contribution in [1.29, 1.82) is 0 Å². The van der Waals surface area contributed by atoms with Crippen LogP contribution in [0.25, 0.3) is 0 Å². The van der Waals surface area contributed by atoms with E-state index in [4.69, 9.17) is 11.6 Å². The van der Waals surface area contributed by atoms with Crippen molar-refractivity contribution < 1.29 is 4.79 Å². The van der Waals surface area contributed by atoms with Crippen molar-refractivity contribution in [3.8, 4) is 0 Å². The highest BCUT2D eigenvalue weighted by atomic mass is 35.5. The molecule has 2 atom stereocenters. The lowest BCUT2D eigenvalue weighted by Crippen LogP contribution is -2.28. The summed E-state index contributed by atoms with van der Waals surface area (Å²) in [7, 11) is 1.91. The van der Waals surface area contributed by atoms with E-state index in [2.05, 4.69) is 10.6 Å². The van der Waals surface area contributed by atoms with Gasteiger partial charge in [0.25, 0.3) is 0 Å². The molecule has 0 saturated heterocycles. The van der Waals surface area contributed by atoms with E-state index in [0.29, 0.717) is 5.92 Å². The van der Waals surface area contributed by atoms with Gasteiger partial charge in [-0.05, 0) is 50.0 Å². The number of carbonyl (C=O) groups excluding carboxylic acids is 1. The van der Waals surface area contributed by atoms with Crippen LogP contribution in [-0.2, 0) is 4.79 Å². The molecule has 0 radical (unpaired) electrons. The SMILES string of the molecule is CNCCCNC(=O)C1CC1c1cccc(Cl)c1. The second kappa shape index (κ2) is 6.21. The molecule has 1 aliphatic carbocycles. The van der Waals surface area contributed by atoms with Crippen molar-refractivity contribution >= 4 is 17.5 Å². The second-order valence-electron chi connectivity index (χ2n) is 4.75. The standard InChI is InChI=1S/C14H19ClN2O/c1-16-6-3-7-17-14(18)13-9-12(13)10-4-2-5-11(15)8-10/h2,4-5,8,12-13,16H,3,6-7,9H2,1H3,(H,17,18). The Bertz CT molecular complexity index is 422. The van der Waals surface area contributed by atoms with Gasteiger partial charge in [0.15, 0.2) is 0 Å². The van der Waals surface area contributed by atoms with Gasteiger partial charge in [0.1, 0.15) is 0 Å². The summed E-state index contributed by atoms with van der Waals surface area (Å²) < 4.78 is 0. The Morgan fingerprint density at radius 3 is 3.00 bits per heavy atom. The van der Waals surface area contributed by atoms with Gasteiger partial charge >= 0.3 is 0 Å². The van der Waals surface area contributed by atoms with Crippen molar-refractivity contribution in [2.45, 2.75) is 18.8 Å². The highest BCUT2D eigenvalue weighted by molar-refractivity contribution is 6.30. The first-order valence-electron chi connectivity index (χ1n) is 6.40. The van der Waals surface area contributed by atoms with E-state index >= 15 is 0 Å². The van der Waals surface area contributed by atoms with Crippen LogP contribution in [0.5, 0.6) is 0 Å². The van der Waals surface area contributed by atoms with Crippen LogP contribution in [0.1, 0.15) is 24.3 Å². The Labute approximate surface area is 113 Å². The van der Waals surface area contributed by atoms with E-state index in [1.807, 2.05) is 31.3 Å². The number of halogens is 1. The van der Waals surface area contributed by atoms with E-state index in [1.54, 1.807) is 0 Å². The van der Waals surface area contributed by atoms with Crippen LogP contribution >= 0.6 is 11.6 Å². The van der Waals surface area contributed by atoms with Gasteiger partial charge in [0.05, 0.1) is 0 Å². The third kappa shape index (κ3) is 3.47. The Balaban J connectivity index is 1.78. The zero-order valence-electron chi connectivity index (χ0n) is 10.6. The minimum atomic E-state index is 0.137. The predicted molar refractivity (Wildman–Crippen MR) is 73.9 cm³/mol. The number of benzene rings is 1. The van der Waals surface area contributed by atoms with Gasteiger partial charge in [0.2, 0.25) is 5.91 Å². The summed E-state index contributed by atoms with van der Waals surface area (Å²) in [5.74, 6) is 0.669. The molecule has 3 nitrogen and oxygen atoms in total. The predicted octanol–water partition coefficient (Wildman–Crippen LogP) is 2.17. The number of hydrogen-bond donors (Lipinski definition) is 2. The summed E-state index contributed by atoms with van der Waals surface area (Å²) in [5, 5.41) is 6.79. The molecule has 0 aliphatic heterocycles. The van der Waals surface area contributed by atoms with Crippen LogP contribution in [0.2, 0.25) is 5.02 Å². The molecule has 0 heterocycles. The van der Waals surface area contributed by atoms with Gasteiger partial charge in [-0.2, -0.15) is 0 Å². The molecule has 1 saturated carbocycles. The average molecular weight is 267 g/mol. The molecule has 1 amide bonds. The van der Waals surface area contributed by atoms with E-state index in [0.717, 1.165) is 31.0 Å². The number of hydrogen-bond acceptors (Lipinski definition) is 2. The molecule has 0 bridgehead atoms. The third-order valence-electron chi connectivity index (χ3n) is 3.31. The minimum Gasteiger partial charge on any atom is -0.356 e. The number of amides is 1. The van der Waals surface area contributed by atoms with Gasteiger partial charge in [-0.1, -0.05) is 23.7 Å². The summed E-state index contributed by atoms with van der Waals surface area (Å²) >= 11 is 5.95. The fraction of sp³-hybridized carbons (Fsp3) is 0.500. The van der Waals surface area contributed by atoms with E-state index in [9.17, 15) is 4.79 Å². The van der Waals surface area contributed by atoms with Gasteiger partial charge in [0, 0.05) is 17.5 Å². The monoisotopic (exact) mass is 266 g/mol. The number of carbonyl (C=O) groups is 1.